The first-order chi connectivity index (χ1) is 10.8. The molecule has 0 bridgehead atoms. The van der Waals surface area contributed by atoms with Crippen molar-refractivity contribution in [3.63, 3.8) is 0 Å². The van der Waals surface area contributed by atoms with E-state index >= 15 is 0 Å². The Morgan fingerprint density at radius 1 is 1.35 bits per heavy atom. The monoisotopic (exact) mass is 317 g/mol. The van der Waals surface area contributed by atoms with Gasteiger partial charge in [-0.3, -0.25) is 9.59 Å². The van der Waals surface area contributed by atoms with Crippen LogP contribution in [-0.4, -0.2) is 54.6 Å². The Hall–Kier alpha value is -2.51. The summed E-state index contributed by atoms with van der Waals surface area (Å²) in [6.45, 7) is 6.13. The zero-order valence-electron chi connectivity index (χ0n) is 13.4. The van der Waals surface area contributed by atoms with Crippen LogP contribution in [0.3, 0.4) is 0 Å². The predicted octanol–water partition coefficient (Wildman–Crippen LogP) is 0.607. The van der Waals surface area contributed by atoms with E-state index in [0.717, 1.165) is 11.4 Å². The van der Waals surface area contributed by atoms with Crippen LogP contribution in [0.15, 0.2) is 6.07 Å². The Morgan fingerprint density at radius 2 is 2.09 bits per heavy atom. The molecule has 2 aromatic heterocycles. The Morgan fingerprint density at radius 3 is 2.74 bits per heavy atom. The second kappa shape index (κ2) is 5.29. The van der Waals surface area contributed by atoms with Crippen molar-refractivity contribution in [1.82, 2.24) is 24.5 Å². The number of hydrogen-bond acceptors (Lipinski definition) is 5. The molecule has 23 heavy (non-hydrogen) atoms. The first kappa shape index (κ1) is 15.4. The lowest BCUT2D eigenvalue weighted by atomic mass is 9.90. The predicted molar refractivity (Wildman–Crippen MR) is 80.9 cm³/mol. The molecule has 0 aliphatic carbocycles. The molecule has 0 saturated carbocycles. The maximum Gasteiger partial charge on any atom is 0.311 e. The second-order valence-electron chi connectivity index (χ2n) is 6.39. The molecular weight excluding hydrogens is 298 g/mol. The quantitative estimate of drug-likeness (QED) is 0.890. The molecule has 1 aliphatic heterocycles. The van der Waals surface area contributed by atoms with Gasteiger partial charge in [-0.15, -0.1) is 5.10 Å². The molecule has 0 spiro atoms. The average molecular weight is 317 g/mol. The highest BCUT2D eigenvalue weighted by Gasteiger charge is 2.42. The highest BCUT2D eigenvalue weighted by atomic mass is 16.4. The molecule has 1 N–H and O–H groups in total. The number of hydrogen-bond donors (Lipinski definition) is 1. The molecule has 1 aliphatic rings. The van der Waals surface area contributed by atoms with Crippen LogP contribution in [0.2, 0.25) is 0 Å². The number of nitrogens with zero attached hydrogens (tertiary/aromatic N) is 5. The van der Waals surface area contributed by atoms with E-state index < -0.39 is 11.4 Å². The Bertz CT molecular complexity index is 800. The van der Waals surface area contributed by atoms with Gasteiger partial charge >= 0.3 is 5.97 Å². The summed E-state index contributed by atoms with van der Waals surface area (Å²) >= 11 is 0. The average Bonchev–Trinajstić information content (AvgIpc) is 3.03. The molecule has 0 aromatic carbocycles. The fourth-order valence-electron chi connectivity index (χ4n) is 2.88. The minimum absolute atomic E-state index is 0.0531. The van der Waals surface area contributed by atoms with E-state index in [4.69, 9.17) is 0 Å². The molecule has 3 heterocycles. The van der Waals surface area contributed by atoms with E-state index in [1.165, 1.54) is 0 Å². The maximum atomic E-state index is 12.4. The summed E-state index contributed by atoms with van der Waals surface area (Å²) in [6, 6.07) is 1.89. The summed E-state index contributed by atoms with van der Waals surface area (Å²) in [7, 11) is 0. The molecule has 0 radical (unpaired) electrons. The number of rotatable bonds is 3. The maximum absolute atomic E-state index is 12.4. The lowest BCUT2D eigenvalue weighted by molar-refractivity contribution is -0.147. The summed E-state index contributed by atoms with van der Waals surface area (Å²) < 4.78 is 1.61. The molecule has 8 nitrogen and oxygen atoms in total. The fraction of sp³-hybridized carbons (Fsp3) is 0.533. The van der Waals surface area contributed by atoms with E-state index in [0.29, 0.717) is 24.6 Å². The number of carbonyl (C=O) groups excluding carboxylic acids is 1. The van der Waals surface area contributed by atoms with Crippen LogP contribution in [0.25, 0.3) is 5.78 Å². The number of amides is 1. The van der Waals surface area contributed by atoms with E-state index in [2.05, 4.69) is 15.1 Å². The van der Waals surface area contributed by atoms with Gasteiger partial charge < -0.3 is 10.0 Å². The van der Waals surface area contributed by atoms with Crippen LogP contribution >= 0.6 is 0 Å². The van der Waals surface area contributed by atoms with Gasteiger partial charge in [0, 0.05) is 24.5 Å². The summed E-state index contributed by atoms with van der Waals surface area (Å²) in [5.41, 5.74) is 0.882. The molecular formula is C15H19N5O3. The highest BCUT2D eigenvalue weighted by Crippen LogP contribution is 2.30. The van der Waals surface area contributed by atoms with Gasteiger partial charge in [-0.1, -0.05) is 0 Å². The largest absolute Gasteiger partial charge is 0.481 e. The normalized spacial score (nSPS) is 21.1. The molecule has 1 unspecified atom stereocenters. The van der Waals surface area contributed by atoms with Crippen LogP contribution in [0, 0.1) is 19.3 Å². The number of aromatic nitrogens is 4. The zero-order chi connectivity index (χ0) is 16.8. The van der Waals surface area contributed by atoms with E-state index in [9.17, 15) is 14.7 Å². The zero-order valence-corrected chi connectivity index (χ0v) is 13.4. The highest BCUT2D eigenvalue weighted by molar-refractivity contribution is 5.81. The number of carboxylic acid groups (broad SMARTS) is 1. The number of aryl methyl sites for hydroxylation is 2. The molecule has 1 fully saturated rings. The van der Waals surface area contributed by atoms with Crippen LogP contribution in [0.4, 0.5) is 0 Å². The van der Waals surface area contributed by atoms with Crippen LogP contribution < -0.4 is 0 Å². The Kier molecular flexibility index (Phi) is 3.54. The second-order valence-corrected chi connectivity index (χ2v) is 6.39. The number of likely N-dealkylation sites (tertiary alicyclic amines) is 1. The smallest absolute Gasteiger partial charge is 0.311 e. The Labute approximate surface area is 133 Å². The number of carboxylic acids is 1. The fourth-order valence-corrected chi connectivity index (χ4v) is 2.88. The standard InChI is InChI=1S/C15H19N5O3/c1-9-6-10(2)20-14(16-9)17-11(18-20)7-12(21)19-5-4-15(3,8-19)13(22)23/h6H,4-5,7-8H2,1-3H3,(H,22,23). The van der Waals surface area contributed by atoms with Crippen molar-refractivity contribution in [2.24, 2.45) is 5.41 Å². The third-order valence-electron chi connectivity index (χ3n) is 4.31. The van der Waals surface area contributed by atoms with Gasteiger partial charge in [-0.05, 0) is 33.3 Å². The number of aliphatic carboxylic acids is 1. The Balaban J connectivity index is 1.76. The van der Waals surface area contributed by atoms with E-state index in [-0.39, 0.29) is 18.9 Å². The third-order valence-corrected chi connectivity index (χ3v) is 4.31. The third kappa shape index (κ3) is 2.76. The molecule has 2 aromatic rings. The van der Waals surface area contributed by atoms with Gasteiger partial charge in [0.1, 0.15) is 0 Å². The number of carbonyl (C=O) groups is 2. The molecule has 1 atom stereocenters. The van der Waals surface area contributed by atoms with Crippen molar-refractivity contribution in [1.29, 1.82) is 0 Å². The number of fused-ring (bicyclic) bond motifs is 1. The first-order valence-electron chi connectivity index (χ1n) is 7.49. The van der Waals surface area contributed by atoms with Gasteiger partial charge in [0.15, 0.2) is 5.82 Å². The minimum Gasteiger partial charge on any atom is -0.481 e. The lowest BCUT2D eigenvalue weighted by Crippen LogP contribution is -2.35. The first-order valence-corrected chi connectivity index (χ1v) is 7.49. The van der Waals surface area contributed by atoms with Gasteiger partial charge in [-0.25, -0.2) is 9.50 Å². The summed E-state index contributed by atoms with van der Waals surface area (Å²) in [5.74, 6) is -0.142. The molecule has 3 rings (SSSR count). The SMILES string of the molecule is Cc1cc(C)n2nc(CC(=O)N3CCC(C)(C(=O)O)C3)nc2n1. The molecule has 8 heteroatoms. The van der Waals surface area contributed by atoms with Crippen molar-refractivity contribution in [3.8, 4) is 0 Å². The van der Waals surface area contributed by atoms with E-state index in [1.807, 2.05) is 19.9 Å². The van der Waals surface area contributed by atoms with Gasteiger partial charge in [0.25, 0.3) is 5.78 Å². The van der Waals surface area contributed by atoms with Gasteiger partial charge in [0.2, 0.25) is 5.91 Å². The van der Waals surface area contributed by atoms with Crippen LogP contribution in [0.5, 0.6) is 0 Å². The molecule has 1 saturated heterocycles. The lowest BCUT2D eigenvalue weighted by Gasteiger charge is -2.19. The van der Waals surface area contributed by atoms with Gasteiger partial charge in [0.05, 0.1) is 11.8 Å². The minimum atomic E-state index is -0.867. The van der Waals surface area contributed by atoms with Crippen LogP contribution in [-0.2, 0) is 16.0 Å². The summed E-state index contributed by atoms with van der Waals surface area (Å²) in [4.78, 5) is 33.8. The van der Waals surface area contributed by atoms with Crippen molar-refractivity contribution in [3.05, 3.63) is 23.3 Å². The topological polar surface area (TPSA) is 101 Å². The molecule has 122 valence electrons. The van der Waals surface area contributed by atoms with Crippen molar-refractivity contribution < 1.29 is 14.7 Å². The van der Waals surface area contributed by atoms with E-state index in [1.54, 1.807) is 16.3 Å². The van der Waals surface area contributed by atoms with Gasteiger partial charge in [-0.2, -0.15) is 4.98 Å². The summed E-state index contributed by atoms with van der Waals surface area (Å²) in [5, 5.41) is 13.6. The van der Waals surface area contributed by atoms with Crippen LogP contribution in [0.1, 0.15) is 30.6 Å². The van der Waals surface area contributed by atoms with Crippen molar-refractivity contribution in [2.45, 2.75) is 33.6 Å². The van der Waals surface area contributed by atoms with Crippen molar-refractivity contribution in [2.75, 3.05) is 13.1 Å². The summed E-state index contributed by atoms with van der Waals surface area (Å²) in [6.07, 6.45) is 0.518. The van der Waals surface area contributed by atoms with Crippen molar-refractivity contribution >= 4 is 17.7 Å². The molecule has 1 amide bonds.